The Balaban J connectivity index is 1.93. The summed E-state index contributed by atoms with van der Waals surface area (Å²) in [4.78, 5) is 17.8. The highest BCUT2D eigenvalue weighted by Gasteiger charge is 2.14. The Morgan fingerprint density at radius 1 is 0.969 bits per heavy atom. The Labute approximate surface area is 190 Å². The predicted octanol–water partition coefficient (Wildman–Crippen LogP) is 5.15. The lowest BCUT2D eigenvalue weighted by Gasteiger charge is -2.15. The molecule has 0 unspecified atom stereocenters. The van der Waals surface area contributed by atoms with Crippen LogP contribution in [0.4, 0.5) is 5.69 Å². The Kier molecular flexibility index (Phi) is 7.13. The van der Waals surface area contributed by atoms with Crippen LogP contribution in [0.5, 0.6) is 0 Å². The fraction of sp³-hybridized carbons (Fsp3) is 0.346. The minimum Gasteiger partial charge on any atom is -0.326 e. The van der Waals surface area contributed by atoms with Gasteiger partial charge in [-0.15, -0.1) is 0 Å². The first-order valence-electron chi connectivity index (χ1n) is 11.0. The number of hydrogen-bond donors (Lipinski definition) is 2. The van der Waals surface area contributed by atoms with Crippen LogP contribution in [0.15, 0.2) is 41.4 Å². The van der Waals surface area contributed by atoms with E-state index in [0.29, 0.717) is 18.1 Å². The number of carbonyl (C=O) groups is 1. The van der Waals surface area contributed by atoms with E-state index in [1.807, 2.05) is 51.4 Å². The minimum atomic E-state index is -0.189. The quantitative estimate of drug-likeness (QED) is 0.433. The Hall–Kier alpha value is -3.41. The van der Waals surface area contributed by atoms with Gasteiger partial charge in [-0.1, -0.05) is 29.3 Å². The summed E-state index contributed by atoms with van der Waals surface area (Å²) in [6.07, 6.45) is 0. The third kappa shape index (κ3) is 5.44. The minimum absolute atomic E-state index is 0.189. The van der Waals surface area contributed by atoms with Crippen molar-refractivity contribution in [3.63, 3.8) is 0 Å². The van der Waals surface area contributed by atoms with Crippen molar-refractivity contribution in [1.82, 2.24) is 15.1 Å². The van der Waals surface area contributed by atoms with Crippen molar-refractivity contribution in [2.24, 2.45) is 4.99 Å². The number of guanidine groups is 1. The Morgan fingerprint density at radius 3 is 2.28 bits per heavy atom. The molecule has 0 saturated heterocycles. The molecule has 0 spiro atoms. The van der Waals surface area contributed by atoms with E-state index in [2.05, 4.69) is 53.8 Å². The third-order valence-corrected chi connectivity index (χ3v) is 5.59. The first-order valence-corrected chi connectivity index (χ1v) is 11.0. The number of benzene rings is 2. The van der Waals surface area contributed by atoms with Gasteiger partial charge in [-0.05, 0) is 77.8 Å². The molecule has 0 radical (unpaired) electrons. The largest absolute Gasteiger partial charge is 0.326 e. The molecule has 2 N–H and O–H groups in total. The number of aryl methyl sites for hydroxylation is 6. The maximum absolute atomic E-state index is 13.0. The van der Waals surface area contributed by atoms with E-state index in [0.717, 1.165) is 51.4 Å². The van der Waals surface area contributed by atoms with Gasteiger partial charge in [-0.2, -0.15) is 5.10 Å². The number of rotatable bonds is 5. The number of amides is 1. The third-order valence-electron chi connectivity index (χ3n) is 5.59. The molecule has 32 heavy (non-hydrogen) atoms. The molecule has 6 nitrogen and oxygen atoms in total. The summed E-state index contributed by atoms with van der Waals surface area (Å²) in [5, 5.41) is 10.9. The van der Waals surface area contributed by atoms with Crippen LogP contribution >= 0.6 is 0 Å². The van der Waals surface area contributed by atoms with Gasteiger partial charge in [0.15, 0.2) is 0 Å². The van der Waals surface area contributed by atoms with E-state index < -0.39 is 0 Å². The molecule has 2 aromatic carbocycles. The van der Waals surface area contributed by atoms with Crippen molar-refractivity contribution in [2.45, 2.75) is 61.6 Å². The second-order valence-electron chi connectivity index (χ2n) is 8.40. The highest BCUT2D eigenvalue weighted by Crippen LogP contribution is 2.18. The molecule has 0 saturated carbocycles. The highest BCUT2D eigenvalue weighted by atomic mass is 16.1. The van der Waals surface area contributed by atoms with Crippen molar-refractivity contribution in [1.29, 1.82) is 0 Å². The lowest BCUT2D eigenvalue weighted by Crippen LogP contribution is -2.36. The van der Waals surface area contributed by atoms with Gasteiger partial charge in [0.05, 0.1) is 12.2 Å². The van der Waals surface area contributed by atoms with E-state index in [1.54, 1.807) is 0 Å². The topological polar surface area (TPSA) is 71.3 Å². The molecule has 1 heterocycles. The smallest absolute Gasteiger partial charge is 0.257 e. The summed E-state index contributed by atoms with van der Waals surface area (Å²) in [5.74, 6) is 0.233. The molecule has 1 amide bonds. The van der Waals surface area contributed by atoms with Crippen molar-refractivity contribution in [3.8, 4) is 0 Å². The first-order chi connectivity index (χ1) is 15.2. The van der Waals surface area contributed by atoms with Gasteiger partial charge < -0.3 is 5.32 Å². The monoisotopic (exact) mass is 431 g/mol. The first kappa shape index (κ1) is 23.3. The van der Waals surface area contributed by atoms with Gasteiger partial charge >= 0.3 is 0 Å². The Bertz CT molecular complexity index is 1150. The number of aromatic nitrogens is 2. The molecule has 6 heteroatoms. The molecular formula is C26H33N5O. The average molecular weight is 432 g/mol. The van der Waals surface area contributed by atoms with Crippen molar-refractivity contribution >= 4 is 17.6 Å². The van der Waals surface area contributed by atoms with Crippen molar-refractivity contribution in [2.75, 3.05) is 5.32 Å². The molecule has 0 bridgehead atoms. The SMILES string of the molecule is CCn1nc(C)c(CN=C(NC(=O)c2cc(C)cc(C)c2)Nc2cc(C)ccc2C)c1C. The van der Waals surface area contributed by atoms with E-state index in [-0.39, 0.29) is 5.91 Å². The summed E-state index contributed by atoms with van der Waals surface area (Å²) in [6.45, 7) is 15.4. The van der Waals surface area contributed by atoms with Crippen LogP contribution in [-0.4, -0.2) is 21.6 Å². The molecule has 3 rings (SSSR count). The molecule has 1 aromatic heterocycles. The number of nitrogens with zero attached hydrogens (tertiary/aromatic N) is 3. The number of nitrogens with one attached hydrogen (secondary N) is 2. The second-order valence-corrected chi connectivity index (χ2v) is 8.40. The summed E-state index contributed by atoms with van der Waals surface area (Å²) < 4.78 is 1.98. The van der Waals surface area contributed by atoms with Gasteiger partial charge in [0.1, 0.15) is 0 Å². The van der Waals surface area contributed by atoms with Crippen LogP contribution < -0.4 is 10.6 Å². The second kappa shape index (κ2) is 9.81. The molecule has 0 aliphatic heterocycles. The summed E-state index contributed by atoms with van der Waals surface area (Å²) in [5.41, 5.74) is 8.98. The zero-order valence-electron chi connectivity index (χ0n) is 20.1. The molecule has 0 aliphatic rings. The maximum atomic E-state index is 13.0. The summed E-state index contributed by atoms with van der Waals surface area (Å²) in [6, 6.07) is 12.0. The molecule has 0 atom stereocenters. The van der Waals surface area contributed by atoms with E-state index in [4.69, 9.17) is 4.99 Å². The zero-order valence-corrected chi connectivity index (χ0v) is 20.1. The van der Waals surface area contributed by atoms with E-state index in [9.17, 15) is 4.79 Å². The van der Waals surface area contributed by atoms with Gasteiger partial charge in [0, 0.05) is 29.1 Å². The summed E-state index contributed by atoms with van der Waals surface area (Å²) in [7, 11) is 0. The predicted molar refractivity (Wildman–Crippen MR) is 131 cm³/mol. The molecule has 168 valence electrons. The Morgan fingerprint density at radius 2 is 1.66 bits per heavy atom. The summed E-state index contributed by atoms with van der Waals surface area (Å²) >= 11 is 0. The van der Waals surface area contributed by atoms with Gasteiger partial charge in [0.25, 0.3) is 5.91 Å². The lowest BCUT2D eigenvalue weighted by molar-refractivity contribution is 0.0976. The molecular weight excluding hydrogens is 398 g/mol. The fourth-order valence-corrected chi connectivity index (χ4v) is 3.82. The van der Waals surface area contributed by atoms with Gasteiger partial charge in [0.2, 0.25) is 5.96 Å². The van der Waals surface area contributed by atoms with Crippen molar-refractivity contribution < 1.29 is 4.79 Å². The lowest BCUT2D eigenvalue weighted by atomic mass is 10.1. The normalized spacial score (nSPS) is 11.5. The van der Waals surface area contributed by atoms with Crippen LogP contribution in [0.1, 0.15) is 56.5 Å². The standard InChI is InChI=1S/C26H33N5O/c1-8-31-21(7)23(20(6)30-31)15-27-26(28-24-14-16(2)9-10-19(24)5)29-25(32)22-12-17(3)11-18(4)13-22/h9-14H,8,15H2,1-7H3,(H2,27,28,29,32). The van der Waals surface area contributed by atoms with Gasteiger partial charge in [-0.25, -0.2) is 4.99 Å². The van der Waals surface area contributed by atoms with E-state index >= 15 is 0 Å². The van der Waals surface area contributed by atoms with Crippen LogP contribution in [0.25, 0.3) is 0 Å². The van der Waals surface area contributed by atoms with Crippen molar-refractivity contribution in [3.05, 3.63) is 81.2 Å². The van der Waals surface area contributed by atoms with Gasteiger partial charge in [-0.3, -0.25) is 14.8 Å². The molecule has 0 fully saturated rings. The number of aliphatic imine (C=N–C) groups is 1. The van der Waals surface area contributed by atoms with Crippen LogP contribution in [0, 0.1) is 41.5 Å². The van der Waals surface area contributed by atoms with Crippen LogP contribution in [0.2, 0.25) is 0 Å². The van der Waals surface area contributed by atoms with Crippen LogP contribution in [-0.2, 0) is 13.1 Å². The zero-order chi connectivity index (χ0) is 23.4. The number of carbonyl (C=O) groups excluding carboxylic acids is 1. The number of hydrogen-bond acceptors (Lipinski definition) is 3. The fourth-order valence-electron chi connectivity index (χ4n) is 3.82. The van der Waals surface area contributed by atoms with E-state index in [1.165, 1.54) is 0 Å². The maximum Gasteiger partial charge on any atom is 0.257 e. The highest BCUT2D eigenvalue weighted by molar-refractivity contribution is 6.10. The van der Waals surface area contributed by atoms with Crippen LogP contribution in [0.3, 0.4) is 0 Å². The average Bonchev–Trinajstić information content (AvgIpc) is 3.01. The molecule has 3 aromatic rings. The molecule has 0 aliphatic carbocycles. The number of anilines is 1.